The highest BCUT2D eigenvalue weighted by molar-refractivity contribution is 5.40. The number of ether oxygens (including phenoxy) is 2. The van der Waals surface area contributed by atoms with Crippen LogP contribution in [-0.2, 0) is 4.84 Å². The van der Waals surface area contributed by atoms with Crippen LogP contribution in [0.5, 0.6) is 11.5 Å². The first-order valence-corrected chi connectivity index (χ1v) is 5.33. The fraction of sp³-hybridized carbons (Fsp3) is 0.500. The number of nitrogens with two attached hydrogens (primary N) is 1. The summed E-state index contributed by atoms with van der Waals surface area (Å²) in [4.78, 5) is 4.71. The van der Waals surface area contributed by atoms with Gasteiger partial charge in [0.25, 0.3) is 0 Å². The van der Waals surface area contributed by atoms with Crippen molar-refractivity contribution in [2.24, 2.45) is 11.3 Å². The molecular formula is C12H17NO3. The van der Waals surface area contributed by atoms with E-state index in [4.69, 9.17) is 20.2 Å². The van der Waals surface area contributed by atoms with Crippen LogP contribution in [0.4, 0.5) is 0 Å². The summed E-state index contributed by atoms with van der Waals surface area (Å²) < 4.78 is 11.5. The van der Waals surface area contributed by atoms with Crippen LogP contribution in [0.1, 0.15) is 13.8 Å². The Morgan fingerprint density at radius 1 is 1.38 bits per heavy atom. The van der Waals surface area contributed by atoms with Gasteiger partial charge in [-0.1, -0.05) is 26.0 Å². The maximum absolute atomic E-state index is 5.89. The Morgan fingerprint density at radius 2 is 2.06 bits per heavy atom. The standard InChI is InChI=1S/C12H17NO3/c1-12(2,8-15-13)11-7-14-9-5-3-4-6-10(9)16-11/h3-6,11H,7-8,13H2,1-2H3. The lowest BCUT2D eigenvalue weighted by Gasteiger charge is -2.36. The molecule has 0 saturated carbocycles. The van der Waals surface area contributed by atoms with E-state index in [-0.39, 0.29) is 11.5 Å². The monoisotopic (exact) mass is 223 g/mol. The summed E-state index contributed by atoms with van der Waals surface area (Å²) >= 11 is 0. The first-order valence-electron chi connectivity index (χ1n) is 5.33. The van der Waals surface area contributed by atoms with Gasteiger partial charge in [-0.05, 0) is 12.1 Å². The Kier molecular flexibility index (Phi) is 3.03. The van der Waals surface area contributed by atoms with Crippen LogP contribution in [-0.4, -0.2) is 19.3 Å². The first kappa shape index (κ1) is 11.2. The Hall–Kier alpha value is -1.26. The van der Waals surface area contributed by atoms with Crippen LogP contribution >= 0.6 is 0 Å². The Morgan fingerprint density at radius 3 is 2.75 bits per heavy atom. The molecule has 1 heterocycles. The van der Waals surface area contributed by atoms with Crippen LogP contribution in [0.25, 0.3) is 0 Å². The molecule has 0 aromatic heterocycles. The molecule has 2 N–H and O–H groups in total. The average Bonchev–Trinajstić information content (AvgIpc) is 2.28. The highest BCUT2D eigenvalue weighted by Crippen LogP contribution is 2.36. The van der Waals surface area contributed by atoms with E-state index in [1.165, 1.54) is 0 Å². The SMILES string of the molecule is CC(C)(CON)C1COc2ccccc2O1. The van der Waals surface area contributed by atoms with E-state index in [0.717, 1.165) is 11.5 Å². The number of benzene rings is 1. The molecule has 0 spiro atoms. The molecule has 4 nitrogen and oxygen atoms in total. The maximum Gasteiger partial charge on any atom is 0.161 e. The van der Waals surface area contributed by atoms with Crippen LogP contribution in [0, 0.1) is 5.41 Å². The van der Waals surface area contributed by atoms with Gasteiger partial charge in [0, 0.05) is 5.41 Å². The molecule has 1 aromatic rings. The van der Waals surface area contributed by atoms with E-state index in [1.807, 2.05) is 38.1 Å². The van der Waals surface area contributed by atoms with Crippen molar-refractivity contribution in [2.45, 2.75) is 20.0 Å². The van der Waals surface area contributed by atoms with Crippen molar-refractivity contribution in [1.29, 1.82) is 0 Å². The lowest BCUT2D eigenvalue weighted by atomic mass is 9.87. The highest BCUT2D eigenvalue weighted by atomic mass is 16.6. The minimum atomic E-state index is -0.178. The summed E-state index contributed by atoms with van der Waals surface area (Å²) in [5.74, 6) is 6.70. The second kappa shape index (κ2) is 4.31. The van der Waals surface area contributed by atoms with Gasteiger partial charge in [0.05, 0.1) is 6.61 Å². The summed E-state index contributed by atoms with van der Waals surface area (Å²) in [7, 11) is 0. The summed E-state index contributed by atoms with van der Waals surface area (Å²) in [6, 6.07) is 7.66. The lowest BCUT2D eigenvalue weighted by molar-refractivity contribution is -0.0435. The van der Waals surface area contributed by atoms with Crippen molar-refractivity contribution in [3.05, 3.63) is 24.3 Å². The zero-order valence-electron chi connectivity index (χ0n) is 9.60. The number of rotatable bonds is 3. The van der Waals surface area contributed by atoms with Gasteiger partial charge < -0.3 is 14.3 Å². The molecule has 2 rings (SSSR count). The molecule has 1 aliphatic heterocycles. The molecule has 4 heteroatoms. The number of hydrogen-bond donors (Lipinski definition) is 1. The van der Waals surface area contributed by atoms with Crippen molar-refractivity contribution in [2.75, 3.05) is 13.2 Å². The van der Waals surface area contributed by atoms with Gasteiger partial charge in [0.15, 0.2) is 11.5 Å². The molecule has 0 amide bonds. The van der Waals surface area contributed by atoms with Crippen molar-refractivity contribution < 1.29 is 14.3 Å². The van der Waals surface area contributed by atoms with Crippen molar-refractivity contribution >= 4 is 0 Å². The first-order chi connectivity index (χ1) is 7.63. The number of fused-ring (bicyclic) bond motifs is 1. The minimum Gasteiger partial charge on any atom is -0.486 e. The third kappa shape index (κ3) is 2.13. The summed E-state index contributed by atoms with van der Waals surface area (Å²) in [6.07, 6.45) is -0.0500. The van der Waals surface area contributed by atoms with E-state index >= 15 is 0 Å². The molecule has 1 atom stereocenters. The average molecular weight is 223 g/mol. The Bertz CT molecular complexity index is 365. The molecule has 88 valence electrons. The predicted molar refractivity (Wildman–Crippen MR) is 60.3 cm³/mol. The highest BCUT2D eigenvalue weighted by Gasteiger charge is 2.35. The van der Waals surface area contributed by atoms with Crippen molar-refractivity contribution in [3.8, 4) is 11.5 Å². The molecule has 0 radical (unpaired) electrons. The molecular weight excluding hydrogens is 206 g/mol. The smallest absolute Gasteiger partial charge is 0.161 e. The van der Waals surface area contributed by atoms with Crippen molar-refractivity contribution in [3.63, 3.8) is 0 Å². The van der Waals surface area contributed by atoms with E-state index in [9.17, 15) is 0 Å². The third-order valence-electron chi connectivity index (χ3n) is 2.84. The predicted octanol–water partition coefficient (Wildman–Crippen LogP) is 1.74. The Balaban J connectivity index is 2.13. The molecule has 0 aliphatic carbocycles. The van der Waals surface area contributed by atoms with Gasteiger partial charge in [-0.15, -0.1) is 0 Å². The van der Waals surface area contributed by atoms with E-state index < -0.39 is 0 Å². The van der Waals surface area contributed by atoms with Crippen molar-refractivity contribution in [1.82, 2.24) is 0 Å². The zero-order chi connectivity index (χ0) is 11.6. The third-order valence-corrected chi connectivity index (χ3v) is 2.84. The summed E-state index contributed by atoms with van der Waals surface area (Å²) in [5, 5.41) is 0. The van der Waals surface area contributed by atoms with Gasteiger partial charge in [-0.2, -0.15) is 0 Å². The van der Waals surface area contributed by atoms with Crippen LogP contribution in [0.2, 0.25) is 0 Å². The van der Waals surface area contributed by atoms with Gasteiger partial charge in [-0.25, -0.2) is 5.90 Å². The normalized spacial score (nSPS) is 19.6. The molecule has 0 bridgehead atoms. The van der Waals surface area contributed by atoms with E-state index in [0.29, 0.717) is 13.2 Å². The van der Waals surface area contributed by atoms with E-state index in [1.54, 1.807) is 0 Å². The van der Waals surface area contributed by atoms with Gasteiger partial charge in [-0.3, -0.25) is 0 Å². The summed E-state index contributed by atoms with van der Waals surface area (Å²) in [5.41, 5.74) is -0.178. The second-order valence-electron chi connectivity index (χ2n) is 4.66. The van der Waals surface area contributed by atoms with Crippen LogP contribution in [0.3, 0.4) is 0 Å². The molecule has 16 heavy (non-hydrogen) atoms. The fourth-order valence-electron chi connectivity index (χ4n) is 1.71. The number of para-hydroxylation sites is 2. The molecule has 0 fully saturated rings. The quantitative estimate of drug-likeness (QED) is 0.793. The van der Waals surface area contributed by atoms with Gasteiger partial charge >= 0.3 is 0 Å². The van der Waals surface area contributed by atoms with Gasteiger partial charge in [0.2, 0.25) is 0 Å². The number of hydrogen-bond acceptors (Lipinski definition) is 4. The molecule has 0 saturated heterocycles. The lowest BCUT2D eigenvalue weighted by Crippen LogP contribution is -2.44. The Labute approximate surface area is 95.2 Å². The topological polar surface area (TPSA) is 53.7 Å². The second-order valence-corrected chi connectivity index (χ2v) is 4.66. The minimum absolute atomic E-state index is 0.0500. The maximum atomic E-state index is 5.89. The molecule has 1 aromatic carbocycles. The van der Waals surface area contributed by atoms with E-state index in [2.05, 4.69) is 0 Å². The molecule has 1 aliphatic rings. The molecule has 1 unspecified atom stereocenters. The van der Waals surface area contributed by atoms with Gasteiger partial charge in [0.1, 0.15) is 12.7 Å². The summed E-state index contributed by atoms with van der Waals surface area (Å²) in [6.45, 7) is 5.04. The van der Waals surface area contributed by atoms with Crippen LogP contribution < -0.4 is 15.4 Å². The van der Waals surface area contributed by atoms with Crippen LogP contribution in [0.15, 0.2) is 24.3 Å². The largest absolute Gasteiger partial charge is 0.486 e. The zero-order valence-corrected chi connectivity index (χ0v) is 9.60. The fourth-order valence-corrected chi connectivity index (χ4v) is 1.71.